The van der Waals surface area contributed by atoms with Crippen LogP contribution in [0.15, 0.2) is 54.6 Å². The van der Waals surface area contributed by atoms with E-state index in [0.29, 0.717) is 17.9 Å². The van der Waals surface area contributed by atoms with E-state index in [0.717, 1.165) is 32.3 Å². The summed E-state index contributed by atoms with van der Waals surface area (Å²) in [6.07, 6.45) is 3.92. The van der Waals surface area contributed by atoms with Crippen molar-refractivity contribution in [3.05, 3.63) is 65.7 Å². The molecule has 1 amide bonds. The molecule has 0 radical (unpaired) electrons. The van der Waals surface area contributed by atoms with Crippen molar-refractivity contribution in [2.75, 3.05) is 19.8 Å². The SMILES string of the molecule is C[C@H](CCc1ccccc1)NC(=O)COC(=O)c1ccc(OC[C@@H]2CCCO2)cc1. The lowest BCUT2D eigenvalue weighted by atomic mass is 10.1. The van der Waals surface area contributed by atoms with Crippen LogP contribution in [0.3, 0.4) is 0 Å². The van der Waals surface area contributed by atoms with E-state index in [1.165, 1.54) is 5.56 Å². The third-order valence-corrected chi connectivity index (χ3v) is 5.00. The Balaban J connectivity index is 1.35. The minimum absolute atomic E-state index is 0.00307. The van der Waals surface area contributed by atoms with E-state index in [1.807, 2.05) is 25.1 Å². The van der Waals surface area contributed by atoms with Gasteiger partial charge in [0.05, 0.1) is 11.7 Å². The molecular weight excluding hydrogens is 382 g/mol. The molecule has 0 saturated carbocycles. The molecule has 0 aromatic heterocycles. The predicted molar refractivity (Wildman–Crippen MR) is 114 cm³/mol. The number of hydrogen-bond acceptors (Lipinski definition) is 5. The Morgan fingerprint density at radius 1 is 1.13 bits per heavy atom. The topological polar surface area (TPSA) is 73.9 Å². The Bertz CT molecular complexity index is 800. The van der Waals surface area contributed by atoms with E-state index >= 15 is 0 Å². The maximum atomic E-state index is 12.2. The molecule has 0 spiro atoms. The van der Waals surface area contributed by atoms with E-state index in [-0.39, 0.29) is 24.7 Å². The number of benzene rings is 2. The zero-order valence-corrected chi connectivity index (χ0v) is 17.3. The standard InChI is InChI=1S/C24H29NO5/c1-18(9-10-19-6-3-2-4-7-19)25-23(26)17-30-24(27)20-11-13-21(14-12-20)29-16-22-8-5-15-28-22/h2-4,6-7,11-14,18,22H,5,8-10,15-17H2,1H3,(H,25,26)/t18-,22+/m1/s1. The van der Waals surface area contributed by atoms with Gasteiger partial charge < -0.3 is 19.5 Å². The number of esters is 1. The molecule has 1 N–H and O–H groups in total. The van der Waals surface area contributed by atoms with Crippen LogP contribution in [-0.4, -0.2) is 43.8 Å². The highest BCUT2D eigenvalue weighted by Gasteiger charge is 2.16. The van der Waals surface area contributed by atoms with Crippen molar-refractivity contribution in [2.45, 2.75) is 44.8 Å². The van der Waals surface area contributed by atoms with Gasteiger partial charge in [-0.15, -0.1) is 0 Å². The Hall–Kier alpha value is -2.86. The molecule has 1 heterocycles. The number of carbonyl (C=O) groups excluding carboxylic acids is 2. The minimum Gasteiger partial charge on any atom is -0.491 e. The smallest absolute Gasteiger partial charge is 0.338 e. The molecule has 160 valence electrons. The fraction of sp³-hybridized carbons (Fsp3) is 0.417. The van der Waals surface area contributed by atoms with Crippen molar-refractivity contribution < 1.29 is 23.8 Å². The number of rotatable bonds is 10. The first-order valence-corrected chi connectivity index (χ1v) is 10.4. The number of carbonyl (C=O) groups is 2. The fourth-order valence-corrected chi connectivity index (χ4v) is 3.28. The van der Waals surface area contributed by atoms with Gasteiger partial charge in [0, 0.05) is 12.6 Å². The van der Waals surface area contributed by atoms with Crippen LogP contribution in [0, 0.1) is 0 Å². The molecule has 1 aliphatic rings. The summed E-state index contributed by atoms with van der Waals surface area (Å²) in [4.78, 5) is 24.2. The second kappa shape index (κ2) is 11.4. The van der Waals surface area contributed by atoms with Crippen LogP contribution >= 0.6 is 0 Å². The number of ether oxygens (including phenoxy) is 3. The van der Waals surface area contributed by atoms with E-state index in [4.69, 9.17) is 14.2 Å². The molecule has 1 saturated heterocycles. The Morgan fingerprint density at radius 3 is 2.60 bits per heavy atom. The maximum absolute atomic E-state index is 12.2. The van der Waals surface area contributed by atoms with Gasteiger partial charge in [-0.3, -0.25) is 4.79 Å². The van der Waals surface area contributed by atoms with E-state index < -0.39 is 5.97 Å². The van der Waals surface area contributed by atoms with Gasteiger partial charge in [-0.1, -0.05) is 30.3 Å². The van der Waals surface area contributed by atoms with Gasteiger partial charge in [0.1, 0.15) is 12.4 Å². The molecular formula is C24H29NO5. The van der Waals surface area contributed by atoms with Crippen LogP contribution in [-0.2, 0) is 20.7 Å². The largest absolute Gasteiger partial charge is 0.491 e. The van der Waals surface area contributed by atoms with Crippen molar-refractivity contribution >= 4 is 11.9 Å². The highest BCUT2D eigenvalue weighted by molar-refractivity contribution is 5.91. The summed E-state index contributed by atoms with van der Waals surface area (Å²) >= 11 is 0. The molecule has 0 unspecified atom stereocenters. The van der Waals surface area contributed by atoms with Gasteiger partial charge in [0.2, 0.25) is 0 Å². The molecule has 0 bridgehead atoms. The molecule has 6 heteroatoms. The molecule has 1 aliphatic heterocycles. The molecule has 2 aromatic rings. The van der Waals surface area contributed by atoms with Gasteiger partial charge in [0.25, 0.3) is 5.91 Å². The Kier molecular flexibility index (Phi) is 8.27. The van der Waals surface area contributed by atoms with Crippen molar-refractivity contribution in [1.29, 1.82) is 0 Å². The second-order valence-electron chi connectivity index (χ2n) is 7.54. The quantitative estimate of drug-likeness (QED) is 0.606. The summed E-state index contributed by atoms with van der Waals surface area (Å²) in [5, 5.41) is 2.86. The highest BCUT2D eigenvalue weighted by atomic mass is 16.5. The lowest BCUT2D eigenvalue weighted by Gasteiger charge is -2.14. The highest BCUT2D eigenvalue weighted by Crippen LogP contribution is 2.17. The number of hydrogen-bond donors (Lipinski definition) is 1. The summed E-state index contributed by atoms with van der Waals surface area (Å²) in [7, 11) is 0. The Labute approximate surface area is 177 Å². The van der Waals surface area contributed by atoms with Crippen molar-refractivity contribution in [3.8, 4) is 5.75 Å². The normalized spacial score (nSPS) is 16.6. The van der Waals surface area contributed by atoms with Crippen LogP contribution in [0.1, 0.15) is 42.1 Å². The van der Waals surface area contributed by atoms with Crippen molar-refractivity contribution in [3.63, 3.8) is 0 Å². The molecule has 1 fully saturated rings. The molecule has 2 aromatic carbocycles. The van der Waals surface area contributed by atoms with Gasteiger partial charge in [-0.05, 0) is 62.4 Å². The molecule has 3 rings (SSSR count). The zero-order valence-electron chi connectivity index (χ0n) is 17.3. The average Bonchev–Trinajstić information content (AvgIpc) is 3.29. The van der Waals surface area contributed by atoms with Gasteiger partial charge in [-0.25, -0.2) is 4.79 Å². The van der Waals surface area contributed by atoms with E-state index in [1.54, 1.807) is 24.3 Å². The lowest BCUT2D eigenvalue weighted by molar-refractivity contribution is -0.124. The average molecular weight is 411 g/mol. The maximum Gasteiger partial charge on any atom is 0.338 e. The van der Waals surface area contributed by atoms with Crippen LogP contribution < -0.4 is 10.1 Å². The monoisotopic (exact) mass is 411 g/mol. The molecule has 6 nitrogen and oxygen atoms in total. The van der Waals surface area contributed by atoms with Gasteiger partial charge >= 0.3 is 5.97 Å². The molecule has 0 aliphatic carbocycles. The summed E-state index contributed by atoms with van der Waals surface area (Å²) in [5.74, 6) is -0.166. The van der Waals surface area contributed by atoms with Crippen LogP contribution in [0.4, 0.5) is 0 Å². The first-order valence-electron chi connectivity index (χ1n) is 10.4. The summed E-state index contributed by atoms with van der Waals surface area (Å²) in [6, 6.07) is 16.8. The Morgan fingerprint density at radius 2 is 1.90 bits per heavy atom. The summed E-state index contributed by atoms with van der Waals surface area (Å²) < 4.78 is 16.3. The van der Waals surface area contributed by atoms with Gasteiger partial charge in [-0.2, -0.15) is 0 Å². The van der Waals surface area contributed by atoms with Crippen molar-refractivity contribution in [1.82, 2.24) is 5.32 Å². The lowest BCUT2D eigenvalue weighted by Crippen LogP contribution is -2.36. The molecule has 30 heavy (non-hydrogen) atoms. The number of nitrogens with one attached hydrogen (secondary N) is 1. The third-order valence-electron chi connectivity index (χ3n) is 5.00. The van der Waals surface area contributed by atoms with E-state index in [9.17, 15) is 9.59 Å². The molecule has 2 atom stereocenters. The number of amides is 1. The third kappa shape index (κ3) is 7.19. The number of aryl methyl sites for hydroxylation is 1. The summed E-state index contributed by atoms with van der Waals surface area (Å²) in [6.45, 7) is 2.94. The van der Waals surface area contributed by atoms with Crippen LogP contribution in [0.2, 0.25) is 0 Å². The fourth-order valence-electron chi connectivity index (χ4n) is 3.28. The van der Waals surface area contributed by atoms with Crippen LogP contribution in [0.5, 0.6) is 5.75 Å². The minimum atomic E-state index is -0.534. The van der Waals surface area contributed by atoms with E-state index in [2.05, 4.69) is 17.4 Å². The van der Waals surface area contributed by atoms with Crippen LogP contribution in [0.25, 0.3) is 0 Å². The van der Waals surface area contributed by atoms with Crippen molar-refractivity contribution in [2.24, 2.45) is 0 Å². The van der Waals surface area contributed by atoms with Gasteiger partial charge in [0.15, 0.2) is 6.61 Å². The predicted octanol–water partition coefficient (Wildman–Crippen LogP) is 3.54. The first kappa shape index (κ1) is 21.8. The summed E-state index contributed by atoms with van der Waals surface area (Å²) in [5.41, 5.74) is 1.61. The second-order valence-corrected chi connectivity index (χ2v) is 7.54. The first-order chi connectivity index (χ1) is 14.6. The zero-order chi connectivity index (χ0) is 21.2.